The van der Waals surface area contributed by atoms with Gasteiger partial charge < -0.3 is 5.73 Å². The lowest BCUT2D eigenvalue weighted by Crippen LogP contribution is -2.39. The van der Waals surface area contributed by atoms with Crippen molar-refractivity contribution in [3.63, 3.8) is 0 Å². The van der Waals surface area contributed by atoms with Crippen LogP contribution >= 0.6 is 11.8 Å². The van der Waals surface area contributed by atoms with E-state index in [1.807, 2.05) is 19.9 Å². The molecule has 2 aromatic rings. The van der Waals surface area contributed by atoms with Crippen LogP contribution in [0.4, 0.5) is 4.79 Å². The van der Waals surface area contributed by atoms with E-state index in [0.717, 1.165) is 27.1 Å². The lowest BCUT2D eigenvalue weighted by Gasteiger charge is -2.12. The lowest BCUT2D eigenvalue weighted by atomic mass is 10.0. The summed E-state index contributed by atoms with van der Waals surface area (Å²) < 4.78 is 0. The summed E-state index contributed by atoms with van der Waals surface area (Å²) >= 11 is 1.30. The highest BCUT2D eigenvalue weighted by Gasteiger charge is 2.17. The molecule has 0 saturated carbocycles. The number of carbonyl (C=O) groups is 2. The third-order valence-corrected chi connectivity index (χ3v) is 4.36. The minimum absolute atomic E-state index is 0.419. The molecular weight excluding hydrogens is 298 g/mol. The standard InChI is InChI=1S/C16H19N3O2S/c1-8-5-10(3)14-12(6-8)9(2)7-13(18-14)22-11(4)15(20)19-16(17)21/h5-7,11H,1-4H3,(H3,17,19,20,21). The summed E-state index contributed by atoms with van der Waals surface area (Å²) in [4.78, 5) is 27.1. The molecule has 1 heterocycles. The molecule has 0 fully saturated rings. The zero-order chi connectivity index (χ0) is 16.4. The summed E-state index contributed by atoms with van der Waals surface area (Å²) in [5, 5.41) is 3.50. The molecule has 1 unspecified atom stereocenters. The number of urea groups is 1. The third kappa shape index (κ3) is 3.57. The molecule has 22 heavy (non-hydrogen) atoms. The number of aromatic nitrogens is 1. The third-order valence-electron chi connectivity index (χ3n) is 3.34. The number of hydrogen-bond donors (Lipinski definition) is 2. The van der Waals surface area contributed by atoms with Crippen LogP contribution in [-0.2, 0) is 4.79 Å². The number of carbonyl (C=O) groups excluding carboxylic acids is 2. The number of primary amides is 1. The van der Waals surface area contributed by atoms with Gasteiger partial charge in [-0.05, 0) is 51.0 Å². The zero-order valence-electron chi connectivity index (χ0n) is 13.1. The Labute approximate surface area is 133 Å². The first-order valence-corrected chi connectivity index (χ1v) is 7.81. The summed E-state index contributed by atoms with van der Waals surface area (Å²) in [7, 11) is 0. The van der Waals surface area contributed by atoms with E-state index >= 15 is 0 Å². The quantitative estimate of drug-likeness (QED) is 0.852. The van der Waals surface area contributed by atoms with Crippen molar-refractivity contribution in [2.75, 3.05) is 0 Å². The molecule has 3 amide bonds. The van der Waals surface area contributed by atoms with E-state index in [1.54, 1.807) is 6.92 Å². The molecule has 3 N–H and O–H groups in total. The van der Waals surface area contributed by atoms with E-state index in [4.69, 9.17) is 5.73 Å². The number of amides is 3. The van der Waals surface area contributed by atoms with E-state index in [1.165, 1.54) is 17.3 Å². The predicted octanol–water partition coefficient (Wildman–Crippen LogP) is 2.84. The number of imide groups is 1. The molecule has 116 valence electrons. The molecule has 6 heteroatoms. The van der Waals surface area contributed by atoms with Crippen LogP contribution in [0, 0.1) is 20.8 Å². The van der Waals surface area contributed by atoms with Crippen LogP contribution in [0.3, 0.4) is 0 Å². The van der Waals surface area contributed by atoms with Crippen LogP contribution in [0.5, 0.6) is 0 Å². The minimum Gasteiger partial charge on any atom is -0.351 e. The lowest BCUT2D eigenvalue weighted by molar-refractivity contribution is -0.119. The predicted molar refractivity (Wildman–Crippen MR) is 89.0 cm³/mol. The molecule has 0 aliphatic heterocycles. The van der Waals surface area contributed by atoms with E-state index in [2.05, 4.69) is 29.4 Å². The fourth-order valence-electron chi connectivity index (χ4n) is 2.33. The van der Waals surface area contributed by atoms with E-state index in [-0.39, 0.29) is 0 Å². The molecule has 0 spiro atoms. The van der Waals surface area contributed by atoms with Crippen molar-refractivity contribution in [1.82, 2.24) is 10.3 Å². The number of nitrogens with zero attached hydrogens (tertiary/aromatic N) is 1. The molecular formula is C16H19N3O2S. The van der Waals surface area contributed by atoms with Gasteiger partial charge in [0.25, 0.3) is 0 Å². The van der Waals surface area contributed by atoms with Crippen LogP contribution < -0.4 is 11.1 Å². The highest BCUT2D eigenvalue weighted by atomic mass is 32.2. The van der Waals surface area contributed by atoms with Gasteiger partial charge in [-0.1, -0.05) is 23.4 Å². The number of pyridine rings is 1. The van der Waals surface area contributed by atoms with Gasteiger partial charge in [0.05, 0.1) is 15.8 Å². The fourth-order valence-corrected chi connectivity index (χ4v) is 3.25. The van der Waals surface area contributed by atoms with Crippen molar-refractivity contribution in [3.05, 3.63) is 34.9 Å². The Morgan fingerprint density at radius 2 is 1.86 bits per heavy atom. The van der Waals surface area contributed by atoms with Crippen LogP contribution in [0.2, 0.25) is 0 Å². The Bertz CT molecular complexity index is 759. The first-order chi connectivity index (χ1) is 10.3. The molecule has 0 aliphatic carbocycles. The van der Waals surface area contributed by atoms with Gasteiger partial charge >= 0.3 is 6.03 Å². The molecule has 1 aromatic heterocycles. The number of thioether (sulfide) groups is 1. The van der Waals surface area contributed by atoms with Gasteiger partial charge in [-0.2, -0.15) is 0 Å². The number of nitrogens with two attached hydrogens (primary N) is 1. The maximum Gasteiger partial charge on any atom is 0.318 e. The first-order valence-electron chi connectivity index (χ1n) is 6.93. The number of aryl methyl sites for hydroxylation is 3. The summed E-state index contributed by atoms with van der Waals surface area (Å²) in [6, 6.07) is 5.32. The maximum atomic E-state index is 11.8. The van der Waals surface area contributed by atoms with Crippen molar-refractivity contribution in [2.45, 2.75) is 38.0 Å². The topological polar surface area (TPSA) is 85.1 Å². The second-order valence-electron chi connectivity index (χ2n) is 5.37. The number of nitrogens with one attached hydrogen (secondary N) is 1. The van der Waals surface area contributed by atoms with Gasteiger partial charge in [-0.3, -0.25) is 10.1 Å². The van der Waals surface area contributed by atoms with Gasteiger partial charge in [-0.25, -0.2) is 9.78 Å². The van der Waals surface area contributed by atoms with Crippen molar-refractivity contribution in [3.8, 4) is 0 Å². The largest absolute Gasteiger partial charge is 0.351 e. The molecule has 1 atom stereocenters. The normalized spacial score (nSPS) is 12.2. The van der Waals surface area contributed by atoms with Gasteiger partial charge in [0, 0.05) is 5.39 Å². The van der Waals surface area contributed by atoms with Crippen molar-refractivity contribution >= 4 is 34.6 Å². The maximum absolute atomic E-state index is 11.8. The van der Waals surface area contributed by atoms with Crippen molar-refractivity contribution < 1.29 is 9.59 Å². The van der Waals surface area contributed by atoms with Gasteiger partial charge in [-0.15, -0.1) is 0 Å². The minimum atomic E-state index is -0.841. The van der Waals surface area contributed by atoms with Gasteiger partial charge in [0.2, 0.25) is 5.91 Å². The number of rotatable bonds is 3. The Hall–Kier alpha value is -2.08. The molecule has 0 saturated heterocycles. The average Bonchev–Trinajstić information content (AvgIpc) is 2.39. The highest BCUT2D eigenvalue weighted by Crippen LogP contribution is 2.28. The fraction of sp³-hybridized carbons (Fsp3) is 0.312. The Morgan fingerprint density at radius 3 is 2.50 bits per heavy atom. The second kappa shape index (κ2) is 6.36. The summed E-state index contributed by atoms with van der Waals surface area (Å²) in [5.41, 5.74) is 9.32. The second-order valence-corrected chi connectivity index (χ2v) is 6.73. The van der Waals surface area contributed by atoms with Gasteiger partial charge in [0.1, 0.15) is 0 Å². The summed E-state index contributed by atoms with van der Waals surface area (Å²) in [6.07, 6.45) is 0. The zero-order valence-corrected chi connectivity index (χ0v) is 13.9. The highest BCUT2D eigenvalue weighted by molar-refractivity contribution is 8.00. The number of hydrogen-bond acceptors (Lipinski definition) is 4. The molecule has 0 aliphatic rings. The van der Waals surface area contributed by atoms with Crippen LogP contribution in [0.25, 0.3) is 10.9 Å². The van der Waals surface area contributed by atoms with E-state index in [9.17, 15) is 9.59 Å². The molecule has 0 radical (unpaired) electrons. The van der Waals surface area contributed by atoms with Crippen LogP contribution in [0.15, 0.2) is 23.2 Å². The molecule has 0 bridgehead atoms. The first kappa shape index (κ1) is 16.3. The van der Waals surface area contributed by atoms with E-state index < -0.39 is 17.2 Å². The Kier molecular flexibility index (Phi) is 4.71. The summed E-state index contributed by atoms with van der Waals surface area (Å²) in [6.45, 7) is 7.83. The number of fused-ring (bicyclic) bond motifs is 1. The monoisotopic (exact) mass is 317 g/mol. The smallest absolute Gasteiger partial charge is 0.318 e. The van der Waals surface area contributed by atoms with Crippen molar-refractivity contribution in [2.24, 2.45) is 5.73 Å². The van der Waals surface area contributed by atoms with Crippen LogP contribution in [0.1, 0.15) is 23.6 Å². The van der Waals surface area contributed by atoms with Crippen molar-refractivity contribution in [1.29, 1.82) is 0 Å². The van der Waals surface area contributed by atoms with E-state index in [0.29, 0.717) is 0 Å². The van der Waals surface area contributed by atoms with Crippen LogP contribution in [-0.4, -0.2) is 22.2 Å². The molecule has 5 nitrogen and oxygen atoms in total. The number of benzene rings is 1. The SMILES string of the molecule is Cc1cc(C)c2nc(SC(C)C(=O)NC(N)=O)cc(C)c2c1. The Morgan fingerprint density at radius 1 is 1.18 bits per heavy atom. The molecule has 2 rings (SSSR count). The molecule has 1 aromatic carbocycles. The summed E-state index contributed by atoms with van der Waals surface area (Å²) in [5.74, 6) is -0.419. The Balaban J connectivity index is 2.33. The average molecular weight is 317 g/mol. The van der Waals surface area contributed by atoms with Gasteiger partial charge in [0.15, 0.2) is 0 Å².